The predicted octanol–water partition coefficient (Wildman–Crippen LogP) is 4.49. The molecule has 1 atom stereocenters. The van der Waals surface area contributed by atoms with Crippen molar-refractivity contribution >= 4 is 16.8 Å². The van der Waals surface area contributed by atoms with E-state index in [9.17, 15) is 4.79 Å². The highest BCUT2D eigenvalue weighted by Gasteiger charge is 2.24. The van der Waals surface area contributed by atoms with E-state index in [4.69, 9.17) is 0 Å². The van der Waals surface area contributed by atoms with Crippen LogP contribution >= 0.6 is 0 Å². The normalized spacial score (nSPS) is 14.9. The summed E-state index contributed by atoms with van der Waals surface area (Å²) in [7, 11) is 3.99. The van der Waals surface area contributed by atoms with E-state index in [1.54, 1.807) is 0 Å². The van der Waals surface area contributed by atoms with Crippen LogP contribution in [-0.4, -0.2) is 50.3 Å². The summed E-state index contributed by atoms with van der Waals surface area (Å²) in [4.78, 5) is 19.8. The zero-order chi connectivity index (χ0) is 24.6. The first-order valence-corrected chi connectivity index (χ1v) is 12.1. The van der Waals surface area contributed by atoms with Crippen LogP contribution in [0.1, 0.15) is 39.8 Å². The summed E-state index contributed by atoms with van der Waals surface area (Å²) in [6.07, 6.45) is 1.92. The first kappa shape index (κ1) is 22.2. The summed E-state index contributed by atoms with van der Waals surface area (Å²) >= 11 is 0. The molecule has 2 heterocycles. The molecule has 5 aromatic rings. The molecular formula is C28H27N7O. The van der Waals surface area contributed by atoms with Crippen LogP contribution in [0.4, 0.5) is 0 Å². The molecule has 8 heteroatoms. The minimum Gasteiger partial charge on any atom is -0.345 e. The van der Waals surface area contributed by atoms with Crippen LogP contribution in [0.25, 0.3) is 33.5 Å². The third-order valence-electron chi connectivity index (χ3n) is 6.66. The van der Waals surface area contributed by atoms with Crippen molar-refractivity contribution < 1.29 is 4.79 Å². The molecule has 1 unspecified atom stereocenters. The van der Waals surface area contributed by atoms with Gasteiger partial charge in [-0.15, -0.1) is 0 Å². The average molecular weight is 478 g/mol. The van der Waals surface area contributed by atoms with Gasteiger partial charge in [0.2, 0.25) is 0 Å². The molecule has 36 heavy (non-hydrogen) atoms. The summed E-state index contributed by atoms with van der Waals surface area (Å²) in [5, 5.41) is 19.2. The lowest BCUT2D eigenvalue weighted by molar-refractivity contribution is 0.0936. The van der Waals surface area contributed by atoms with Crippen molar-refractivity contribution in [2.45, 2.75) is 25.4 Å². The number of fused-ring (bicyclic) bond motifs is 2. The fourth-order valence-corrected chi connectivity index (χ4v) is 4.92. The van der Waals surface area contributed by atoms with Crippen LogP contribution in [-0.2, 0) is 13.0 Å². The van der Waals surface area contributed by atoms with Gasteiger partial charge in [-0.2, -0.15) is 10.2 Å². The highest BCUT2D eigenvalue weighted by Crippen LogP contribution is 2.32. The third kappa shape index (κ3) is 4.16. The highest BCUT2D eigenvalue weighted by molar-refractivity contribution is 5.99. The van der Waals surface area contributed by atoms with Crippen LogP contribution in [0, 0.1) is 0 Å². The largest absolute Gasteiger partial charge is 0.345 e. The highest BCUT2D eigenvalue weighted by atomic mass is 16.1. The first-order chi connectivity index (χ1) is 17.5. The number of carbonyl (C=O) groups excluding carboxylic acids is 1. The number of aromatic nitrogens is 5. The van der Waals surface area contributed by atoms with Gasteiger partial charge < -0.3 is 10.2 Å². The standard InChI is InChI=1S/C28H27N7O/c1-35(2)16-25-30-27(34-32-25)19-11-13-24-22(15-19)26(33-31-24)18-7-5-8-20(14-18)28(36)29-23-12-10-17-6-3-4-9-21(17)23/h3-9,11,13-15,23H,10,12,16H2,1-2H3,(H,29,36)(H,31,33)(H,30,32,34). The fourth-order valence-electron chi connectivity index (χ4n) is 4.92. The van der Waals surface area contributed by atoms with Gasteiger partial charge in [-0.1, -0.05) is 36.4 Å². The SMILES string of the molecule is CN(C)Cc1nc(-c2ccc3[nH]nc(-c4cccc(C(=O)NC5CCc6ccccc65)c4)c3c2)n[nH]1. The minimum absolute atomic E-state index is 0.0462. The molecule has 3 aromatic carbocycles. The smallest absolute Gasteiger partial charge is 0.251 e. The summed E-state index contributed by atoms with van der Waals surface area (Å²) < 4.78 is 0. The van der Waals surface area contributed by atoms with Gasteiger partial charge in [-0.3, -0.25) is 15.0 Å². The van der Waals surface area contributed by atoms with Crippen molar-refractivity contribution in [1.82, 2.24) is 35.6 Å². The molecule has 3 N–H and O–H groups in total. The number of nitrogens with one attached hydrogen (secondary N) is 3. The molecular weight excluding hydrogens is 450 g/mol. The maximum absolute atomic E-state index is 13.2. The molecule has 2 aromatic heterocycles. The number of nitrogens with zero attached hydrogens (tertiary/aromatic N) is 4. The van der Waals surface area contributed by atoms with E-state index in [-0.39, 0.29) is 11.9 Å². The lowest BCUT2D eigenvalue weighted by Crippen LogP contribution is -2.27. The van der Waals surface area contributed by atoms with Gasteiger partial charge in [0, 0.05) is 22.1 Å². The van der Waals surface area contributed by atoms with Gasteiger partial charge in [-0.05, 0) is 68.4 Å². The van der Waals surface area contributed by atoms with Crippen molar-refractivity contribution in [2.24, 2.45) is 0 Å². The number of aromatic amines is 2. The monoisotopic (exact) mass is 477 g/mol. The molecule has 0 saturated carbocycles. The van der Waals surface area contributed by atoms with Crippen LogP contribution in [0.5, 0.6) is 0 Å². The Kier molecular flexibility index (Phi) is 5.58. The Labute approximate surface area is 208 Å². The number of hydrogen-bond donors (Lipinski definition) is 3. The lowest BCUT2D eigenvalue weighted by atomic mass is 10.0. The van der Waals surface area contributed by atoms with E-state index in [2.05, 4.69) is 48.9 Å². The molecule has 0 fully saturated rings. The molecule has 1 amide bonds. The molecule has 0 saturated heterocycles. The zero-order valence-corrected chi connectivity index (χ0v) is 20.2. The summed E-state index contributed by atoms with van der Waals surface area (Å²) in [5.41, 5.74) is 6.63. The van der Waals surface area contributed by atoms with Gasteiger partial charge in [-0.25, -0.2) is 4.98 Å². The van der Waals surface area contributed by atoms with Crippen LogP contribution in [0.2, 0.25) is 0 Å². The minimum atomic E-state index is -0.0757. The van der Waals surface area contributed by atoms with E-state index < -0.39 is 0 Å². The predicted molar refractivity (Wildman–Crippen MR) is 139 cm³/mol. The lowest BCUT2D eigenvalue weighted by Gasteiger charge is -2.14. The molecule has 8 nitrogen and oxygen atoms in total. The second kappa shape index (κ2) is 9.05. The quantitative estimate of drug-likeness (QED) is 0.334. The van der Waals surface area contributed by atoms with Gasteiger partial charge >= 0.3 is 0 Å². The van der Waals surface area contributed by atoms with Gasteiger partial charge in [0.25, 0.3) is 5.91 Å². The number of carbonyl (C=O) groups is 1. The number of amides is 1. The molecule has 0 aliphatic heterocycles. The number of rotatable bonds is 6. The Morgan fingerprint density at radius 2 is 1.89 bits per heavy atom. The van der Waals surface area contributed by atoms with Crippen molar-refractivity contribution in [3.8, 4) is 22.6 Å². The molecule has 180 valence electrons. The van der Waals surface area contributed by atoms with Crippen molar-refractivity contribution in [2.75, 3.05) is 14.1 Å². The average Bonchev–Trinajstić information content (AvgIpc) is 3.62. The summed E-state index contributed by atoms with van der Waals surface area (Å²) in [5.74, 6) is 1.38. The molecule has 0 spiro atoms. The Balaban J connectivity index is 1.28. The number of hydrogen-bond acceptors (Lipinski definition) is 5. The van der Waals surface area contributed by atoms with E-state index >= 15 is 0 Å². The molecule has 0 radical (unpaired) electrons. The second-order valence-corrected chi connectivity index (χ2v) is 9.52. The van der Waals surface area contributed by atoms with E-state index in [0.29, 0.717) is 17.9 Å². The summed E-state index contributed by atoms with van der Waals surface area (Å²) in [6.45, 7) is 0.688. The van der Waals surface area contributed by atoms with Gasteiger partial charge in [0.15, 0.2) is 5.82 Å². The first-order valence-electron chi connectivity index (χ1n) is 12.1. The van der Waals surface area contributed by atoms with E-state index in [0.717, 1.165) is 46.4 Å². The Bertz CT molecular complexity index is 1570. The maximum Gasteiger partial charge on any atom is 0.251 e. The Hall–Kier alpha value is -4.30. The van der Waals surface area contributed by atoms with Crippen molar-refractivity contribution in [3.63, 3.8) is 0 Å². The molecule has 1 aliphatic rings. The van der Waals surface area contributed by atoms with Gasteiger partial charge in [0.05, 0.1) is 23.8 Å². The Morgan fingerprint density at radius 1 is 1.00 bits per heavy atom. The summed E-state index contributed by atoms with van der Waals surface area (Å²) in [6, 6.07) is 22.0. The number of aryl methyl sites for hydroxylation is 1. The maximum atomic E-state index is 13.2. The molecule has 1 aliphatic carbocycles. The number of H-pyrrole nitrogens is 2. The van der Waals surface area contributed by atoms with Crippen LogP contribution < -0.4 is 5.32 Å². The fraction of sp³-hybridized carbons (Fsp3) is 0.214. The topological polar surface area (TPSA) is 103 Å². The van der Waals surface area contributed by atoms with Crippen molar-refractivity contribution in [1.29, 1.82) is 0 Å². The Morgan fingerprint density at radius 3 is 2.78 bits per heavy atom. The van der Waals surface area contributed by atoms with Crippen LogP contribution in [0.3, 0.4) is 0 Å². The molecule has 0 bridgehead atoms. The van der Waals surface area contributed by atoms with E-state index in [1.165, 1.54) is 11.1 Å². The van der Waals surface area contributed by atoms with Gasteiger partial charge in [0.1, 0.15) is 5.82 Å². The second-order valence-electron chi connectivity index (χ2n) is 9.52. The van der Waals surface area contributed by atoms with Crippen LogP contribution in [0.15, 0.2) is 66.7 Å². The number of benzene rings is 3. The molecule has 6 rings (SSSR count). The van der Waals surface area contributed by atoms with E-state index in [1.807, 2.05) is 67.5 Å². The van der Waals surface area contributed by atoms with Crippen molar-refractivity contribution in [3.05, 3.63) is 89.2 Å². The third-order valence-corrected chi connectivity index (χ3v) is 6.66. The zero-order valence-electron chi connectivity index (χ0n) is 20.2.